The van der Waals surface area contributed by atoms with E-state index >= 15 is 0 Å². The van der Waals surface area contributed by atoms with Crippen molar-refractivity contribution in [1.29, 1.82) is 0 Å². The van der Waals surface area contributed by atoms with E-state index in [0.717, 1.165) is 18.5 Å². The molecule has 0 amide bonds. The van der Waals surface area contributed by atoms with Gasteiger partial charge in [-0.3, -0.25) is 4.90 Å². The highest BCUT2D eigenvalue weighted by atomic mass is 15.2. The number of nitrogens with zero attached hydrogens (tertiary/aromatic N) is 1. The van der Waals surface area contributed by atoms with Gasteiger partial charge in [-0.05, 0) is 40.0 Å². The number of piperidine rings is 1. The van der Waals surface area contributed by atoms with Crippen molar-refractivity contribution in [2.24, 2.45) is 5.73 Å². The van der Waals surface area contributed by atoms with Gasteiger partial charge in [0.05, 0.1) is 0 Å². The van der Waals surface area contributed by atoms with Crippen molar-refractivity contribution >= 4 is 0 Å². The van der Waals surface area contributed by atoms with E-state index in [1.165, 1.54) is 25.8 Å². The van der Waals surface area contributed by atoms with Crippen LogP contribution in [0.25, 0.3) is 0 Å². The van der Waals surface area contributed by atoms with Gasteiger partial charge in [0, 0.05) is 24.7 Å². The summed E-state index contributed by atoms with van der Waals surface area (Å²) in [5.41, 5.74) is 5.77. The van der Waals surface area contributed by atoms with Gasteiger partial charge in [-0.25, -0.2) is 0 Å². The van der Waals surface area contributed by atoms with Crippen LogP contribution in [-0.4, -0.2) is 29.6 Å². The minimum atomic E-state index is 0.348. The molecule has 1 aliphatic rings. The smallest absolute Gasteiger partial charge is 0.00697 e. The molecule has 0 bridgehead atoms. The number of nitrogens with two attached hydrogens (primary N) is 1. The van der Waals surface area contributed by atoms with E-state index in [0.29, 0.717) is 6.04 Å². The Kier molecular flexibility index (Phi) is 4.20. The van der Waals surface area contributed by atoms with Gasteiger partial charge in [0.2, 0.25) is 0 Å². The van der Waals surface area contributed by atoms with Gasteiger partial charge in [0.1, 0.15) is 0 Å². The highest BCUT2D eigenvalue weighted by Gasteiger charge is 2.23. The third kappa shape index (κ3) is 3.28. The van der Waals surface area contributed by atoms with E-state index in [1.807, 2.05) is 0 Å². The van der Waals surface area contributed by atoms with Crippen LogP contribution in [0.3, 0.4) is 0 Å². The summed E-state index contributed by atoms with van der Waals surface area (Å²) in [6, 6.07) is 1.88. The first-order valence-corrected chi connectivity index (χ1v) is 5.62. The van der Waals surface area contributed by atoms with E-state index in [-0.39, 0.29) is 0 Å². The molecule has 0 aromatic heterocycles. The van der Waals surface area contributed by atoms with Gasteiger partial charge in [0.25, 0.3) is 0 Å². The van der Waals surface area contributed by atoms with Crippen LogP contribution in [0.15, 0.2) is 0 Å². The average Bonchev–Trinajstić information content (AvgIpc) is 2.03. The number of likely N-dealkylation sites (tertiary alicyclic amines) is 1. The quantitative estimate of drug-likeness (QED) is 0.727. The summed E-state index contributed by atoms with van der Waals surface area (Å²) in [6.07, 6.45) is 5.26. The molecule has 0 saturated carbocycles. The lowest BCUT2D eigenvalue weighted by Gasteiger charge is -2.39. The monoisotopic (exact) mass is 184 g/mol. The first-order chi connectivity index (χ1) is 6.11. The van der Waals surface area contributed by atoms with Gasteiger partial charge < -0.3 is 5.73 Å². The minimum Gasteiger partial charge on any atom is -0.328 e. The lowest BCUT2D eigenvalue weighted by molar-refractivity contribution is 0.100. The molecule has 1 aliphatic heterocycles. The maximum Gasteiger partial charge on any atom is 0.00697 e. The maximum absolute atomic E-state index is 5.77. The topological polar surface area (TPSA) is 29.3 Å². The predicted octanol–water partition coefficient (Wildman–Crippen LogP) is 1.99. The summed E-state index contributed by atoms with van der Waals surface area (Å²) in [4.78, 5) is 2.62. The second kappa shape index (κ2) is 4.97. The lowest BCUT2D eigenvalue weighted by Crippen LogP contribution is -2.45. The Bertz CT molecular complexity index is 135. The van der Waals surface area contributed by atoms with Gasteiger partial charge in [-0.2, -0.15) is 0 Å². The summed E-state index contributed by atoms with van der Waals surface area (Å²) in [5, 5.41) is 0. The van der Waals surface area contributed by atoms with Crippen LogP contribution >= 0.6 is 0 Å². The normalized spacial score (nSPS) is 33.2. The van der Waals surface area contributed by atoms with Crippen LogP contribution in [0.1, 0.15) is 46.5 Å². The largest absolute Gasteiger partial charge is 0.328 e. The molecule has 1 heterocycles. The van der Waals surface area contributed by atoms with Crippen LogP contribution < -0.4 is 5.73 Å². The van der Waals surface area contributed by atoms with E-state index in [9.17, 15) is 0 Å². The molecule has 1 rings (SSSR count). The Hall–Kier alpha value is -0.0800. The summed E-state index contributed by atoms with van der Waals surface area (Å²) in [5.74, 6) is 0. The van der Waals surface area contributed by atoms with E-state index in [2.05, 4.69) is 25.7 Å². The highest BCUT2D eigenvalue weighted by Crippen LogP contribution is 2.22. The van der Waals surface area contributed by atoms with Crippen molar-refractivity contribution < 1.29 is 0 Å². The molecule has 3 atom stereocenters. The fourth-order valence-electron chi connectivity index (χ4n) is 2.27. The zero-order chi connectivity index (χ0) is 9.84. The second-order valence-electron chi connectivity index (χ2n) is 4.63. The first-order valence-electron chi connectivity index (χ1n) is 5.62. The number of rotatable bonds is 3. The Morgan fingerprint density at radius 2 is 1.85 bits per heavy atom. The number of hydrogen-bond donors (Lipinski definition) is 1. The summed E-state index contributed by atoms with van der Waals surface area (Å²) in [7, 11) is 0. The fraction of sp³-hybridized carbons (Fsp3) is 1.00. The molecule has 2 nitrogen and oxygen atoms in total. The molecular formula is C11H24N2. The SMILES string of the molecule is CC(N)CCN1C(C)CCCC1C. The summed E-state index contributed by atoms with van der Waals surface area (Å²) < 4.78 is 0. The van der Waals surface area contributed by atoms with E-state index in [4.69, 9.17) is 5.73 Å². The van der Waals surface area contributed by atoms with Crippen LogP contribution in [-0.2, 0) is 0 Å². The van der Waals surface area contributed by atoms with Crippen molar-refractivity contribution in [2.75, 3.05) is 6.54 Å². The van der Waals surface area contributed by atoms with Crippen molar-refractivity contribution in [2.45, 2.75) is 64.6 Å². The van der Waals surface area contributed by atoms with Crippen molar-refractivity contribution in [3.8, 4) is 0 Å². The maximum atomic E-state index is 5.77. The van der Waals surface area contributed by atoms with Gasteiger partial charge in [-0.1, -0.05) is 6.42 Å². The molecule has 0 aliphatic carbocycles. The Morgan fingerprint density at radius 1 is 1.31 bits per heavy atom. The van der Waals surface area contributed by atoms with Crippen molar-refractivity contribution in [3.05, 3.63) is 0 Å². The zero-order valence-electron chi connectivity index (χ0n) is 9.29. The van der Waals surface area contributed by atoms with Crippen molar-refractivity contribution in [3.63, 3.8) is 0 Å². The molecule has 0 aromatic carbocycles. The molecule has 2 heteroatoms. The Balaban J connectivity index is 2.35. The molecule has 2 N–H and O–H groups in total. The van der Waals surface area contributed by atoms with E-state index in [1.54, 1.807) is 0 Å². The van der Waals surface area contributed by atoms with Gasteiger partial charge in [0.15, 0.2) is 0 Å². The molecule has 3 unspecified atom stereocenters. The Labute approximate surface area is 82.5 Å². The minimum absolute atomic E-state index is 0.348. The molecule has 1 fully saturated rings. The molecule has 0 radical (unpaired) electrons. The lowest BCUT2D eigenvalue weighted by atomic mass is 9.97. The summed E-state index contributed by atoms with van der Waals surface area (Å²) in [6.45, 7) is 7.97. The zero-order valence-corrected chi connectivity index (χ0v) is 9.29. The van der Waals surface area contributed by atoms with Crippen LogP contribution in [0.5, 0.6) is 0 Å². The van der Waals surface area contributed by atoms with Gasteiger partial charge >= 0.3 is 0 Å². The molecule has 78 valence electrons. The molecule has 0 spiro atoms. The van der Waals surface area contributed by atoms with Crippen molar-refractivity contribution in [1.82, 2.24) is 4.90 Å². The predicted molar refractivity (Wildman–Crippen MR) is 57.7 cm³/mol. The third-order valence-electron chi connectivity index (χ3n) is 3.22. The summed E-state index contributed by atoms with van der Waals surface area (Å²) >= 11 is 0. The Morgan fingerprint density at radius 3 is 2.31 bits per heavy atom. The van der Waals surface area contributed by atoms with Gasteiger partial charge in [-0.15, -0.1) is 0 Å². The number of hydrogen-bond acceptors (Lipinski definition) is 2. The van der Waals surface area contributed by atoms with Crippen LogP contribution in [0.2, 0.25) is 0 Å². The third-order valence-corrected chi connectivity index (χ3v) is 3.22. The standard InChI is InChI=1S/C11H24N2/c1-9(12)7-8-13-10(2)5-4-6-11(13)3/h9-11H,4-8,12H2,1-3H3. The molecular weight excluding hydrogens is 160 g/mol. The second-order valence-corrected chi connectivity index (χ2v) is 4.63. The average molecular weight is 184 g/mol. The van der Waals surface area contributed by atoms with Crippen LogP contribution in [0, 0.1) is 0 Å². The first kappa shape index (κ1) is 11.0. The van der Waals surface area contributed by atoms with Crippen LogP contribution in [0.4, 0.5) is 0 Å². The molecule has 0 aromatic rings. The van der Waals surface area contributed by atoms with E-state index < -0.39 is 0 Å². The molecule has 1 saturated heterocycles. The molecule has 13 heavy (non-hydrogen) atoms. The highest BCUT2D eigenvalue weighted by molar-refractivity contribution is 4.79. The fourth-order valence-corrected chi connectivity index (χ4v) is 2.27.